The van der Waals surface area contributed by atoms with Gasteiger partial charge in [0.2, 0.25) is 10.0 Å². The number of anilines is 1. The van der Waals surface area contributed by atoms with Gasteiger partial charge in [0.05, 0.1) is 11.3 Å². The second kappa shape index (κ2) is 11.6. The summed E-state index contributed by atoms with van der Waals surface area (Å²) in [6.07, 6.45) is 6.01. The molecule has 9 nitrogen and oxygen atoms in total. The van der Waals surface area contributed by atoms with Gasteiger partial charge in [0.1, 0.15) is 23.7 Å². The number of halogens is 2. The Morgan fingerprint density at radius 2 is 1.84 bits per heavy atom. The van der Waals surface area contributed by atoms with E-state index < -0.39 is 15.8 Å². The number of nitrogens with zero attached hydrogens (tertiary/aromatic N) is 5. The van der Waals surface area contributed by atoms with E-state index in [4.69, 9.17) is 11.6 Å². The summed E-state index contributed by atoms with van der Waals surface area (Å²) in [5.74, 6) is -0.0665. The molecule has 0 atom stereocenters. The number of rotatable bonds is 7. The smallest absolute Gasteiger partial charge is 0.272 e. The molecule has 2 aliphatic heterocycles. The van der Waals surface area contributed by atoms with Crippen molar-refractivity contribution in [3.05, 3.63) is 52.2 Å². The van der Waals surface area contributed by atoms with E-state index >= 15 is 0 Å². The molecule has 0 bridgehead atoms. The van der Waals surface area contributed by atoms with E-state index in [1.807, 2.05) is 11.8 Å². The molecule has 4 rings (SSSR count). The normalized spacial score (nSPS) is 18.4. The zero-order chi connectivity index (χ0) is 26.7. The number of likely N-dealkylation sites (tertiary alicyclic amines) is 2. The number of hydrogen-bond donors (Lipinski definition) is 1. The van der Waals surface area contributed by atoms with E-state index in [9.17, 15) is 17.6 Å². The Balaban J connectivity index is 1.31. The van der Waals surface area contributed by atoms with E-state index in [0.29, 0.717) is 48.3 Å². The van der Waals surface area contributed by atoms with Crippen LogP contribution in [0.1, 0.15) is 47.3 Å². The maximum Gasteiger partial charge on any atom is 0.272 e. The molecule has 0 unspecified atom stereocenters. The highest BCUT2D eigenvalue weighted by Crippen LogP contribution is 2.25. The van der Waals surface area contributed by atoms with Gasteiger partial charge in [-0.15, -0.1) is 0 Å². The van der Waals surface area contributed by atoms with Crippen LogP contribution < -0.4 is 5.32 Å². The van der Waals surface area contributed by atoms with Gasteiger partial charge in [-0.1, -0.05) is 17.7 Å². The SMILES string of the molecule is Cc1c(NCc2ccc(Cl)c(F)c2)ncnc1C(=O)N1CCC(N2CCC(N(C)S(C)(=O)=O)CC2)CC1. The largest absolute Gasteiger partial charge is 0.366 e. The maximum absolute atomic E-state index is 13.7. The van der Waals surface area contributed by atoms with Crippen molar-refractivity contribution in [2.75, 3.05) is 44.8 Å². The number of nitrogens with one attached hydrogen (secondary N) is 1. The fourth-order valence-electron chi connectivity index (χ4n) is 5.15. The number of aromatic nitrogens is 2. The molecule has 0 aliphatic carbocycles. The summed E-state index contributed by atoms with van der Waals surface area (Å²) in [5, 5.41) is 3.24. The Morgan fingerprint density at radius 3 is 2.46 bits per heavy atom. The minimum Gasteiger partial charge on any atom is -0.366 e. The van der Waals surface area contributed by atoms with Crippen LogP contribution in [0.4, 0.5) is 10.2 Å². The Kier molecular flexibility index (Phi) is 8.67. The third-order valence-corrected chi connectivity index (χ3v) is 9.19. The summed E-state index contributed by atoms with van der Waals surface area (Å²) >= 11 is 5.75. The van der Waals surface area contributed by atoms with Gasteiger partial charge < -0.3 is 15.1 Å². The summed E-state index contributed by atoms with van der Waals surface area (Å²) in [7, 11) is -1.52. The Bertz CT molecular complexity index is 1230. The first-order valence-electron chi connectivity index (χ1n) is 12.5. The Morgan fingerprint density at radius 1 is 1.16 bits per heavy atom. The summed E-state index contributed by atoms with van der Waals surface area (Å²) in [6.45, 7) is 5.15. The lowest BCUT2D eigenvalue weighted by Gasteiger charge is -2.43. The third-order valence-electron chi connectivity index (χ3n) is 7.54. The number of amides is 1. The van der Waals surface area contributed by atoms with Gasteiger partial charge in [-0.3, -0.25) is 4.79 Å². The highest BCUT2D eigenvalue weighted by molar-refractivity contribution is 7.88. The van der Waals surface area contributed by atoms with Gasteiger partial charge in [0.25, 0.3) is 5.91 Å². The van der Waals surface area contributed by atoms with E-state index in [-0.39, 0.29) is 17.0 Å². The standard InChI is InChI=1S/C25H34ClFN6O3S/c1-17-23(29-16-30-24(17)28-15-18-4-5-21(26)22(27)14-18)25(34)33-12-8-20(9-13-33)32-10-6-19(7-11-32)31(2)37(3,35)36/h4-5,14,16,19-20H,6-13,15H2,1-3H3,(H,28,29,30). The first-order valence-corrected chi connectivity index (χ1v) is 14.7. The van der Waals surface area contributed by atoms with E-state index in [0.717, 1.165) is 38.8 Å². The van der Waals surface area contributed by atoms with E-state index in [1.54, 1.807) is 13.1 Å². The third kappa shape index (κ3) is 6.57. The molecule has 1 amide bonds. The molecule has 1 aromatic heterocycles. The maximum atomic E-state index is 13.7. The van der Waals surface area contributed by atoms with Crippen molar-refractivity contribution in [2.45, 2.75) is 51.2 Å². The molecule has 202 valence electrons. The molecule has 0 saturated carbocycles. The molecular formula is C25H34ClFN6O3S. The second-order valence-corrected chi connectivity index (χ2v) is 12.3. The highest BCUT2D eigenvalue weighted by Gasteiger charge is 2.33. The van der Waals surface area contributed by atoms with Crippen molar-refractivity contribution in [3.8, 4) is 0 Å². The zero-order valence-corrected chi connectivity index (χ0v) is 23.0. The lowest BCUT2D eigenvalue weighted by atomic mass is 9.97. The van der Waals surface area contributed by atoms with Gasteiger partial charge in [0, 0.05) is 44.3 Å². The van der Waals surface area contributed by atoms with Gasteiger partial charge in [0.15, 0.2) is 0 Å². The number of hydrogen-bond acceptors (Lipinski definition) is 7. The number of carbonyl (C=O) groups excluding carboxylic acids is 1. The lowest BCUT2D eigenvalue weighted by Crippen LogP contribution is -2.52. The zero-order valence-electron chi connectivity index (χ0n) is 21.5. The molecule has 0 radical (unpaired) electrons. The first-order chi connectivity index (χ1) is 17.5. The summed E-state index contributed by atoms with van der Waals surface area (Å²) in [6, 6.07) is 5.05. The minimum atomic E-state index is -3.18. The van der Waals surface area contributed by atoms with Gasteiger partial charge in [-0.25, -0.2) is 27.1 Å². The monoisotopic (exact) mass is 552 g/mol. The quantitative estimate of drug-likeness (QED) is 0.563. The van der Waals surface area contributed by atoms with Crippen LogP contribution in [-0.4, -0.2) is 90.0 Å². The van der Waals surface area contributed by atoms with Crippen molar-refractivity contribution in [3.63, 3.8) is 0 Å². The lowest BCUT2D eigenvalue weighted by molar-refractivity contribution is 0.0542. The molecule has 2 aromatic rings. The molecule has 0 spiro atoms. The van der Waals surface area contributed by atoms with Crippen LogP contribution in [0.2, 0.25) is 5.02 Å². The Labute approximate surface area is 223 Å². The number of sulfonamides is 1. The van der Waals surface area contributed by atoms with Crippen molar-refractivity contribution in [1.82, 2.24) is 24.1 Å². The molecule has 1 N–H and O–H groups in total. The molecule has 3 heterocycles. The average molecular weight is 553 g/mol. The predicted molar refractivity (Wildman–Crippen MR) is 142 cm³/mol. The minimum absolute atomic E-state index is 0.0511. The van der Waals surface area contributed by atoms with Crippen molar-refractivity contribution >= 4 is 33.3 Å². The van der Waals surface area contributed by atoms with Crippen LogP contribution in [-0.2, 0) is 16.6 Å². The summed E-state index contributed by atoms with van der Waals surface area (Å²) < 4.78 is 38.9. The highest BCUT2D eigenvalue weighted by atomic mass is 35.5. The number of benzene rings is 1. The topological polar surface area (TPSA) is 98.7 Å². The molecule has 12 heteroatoms. The van der Waals surface area contributed by atoms with Crippen LogP contribution in [0.25, 0.3) is 0 Å². The van der Waals surface area contributed by atoms with Gasteiger partial charge >= 0.3 is 0 Å². The molecule has 2 saturated heterocycles. The van der Waals surface area contributed by atoms with Crippen molar-refractivity contribution < 1.29 is 17.6 Å². The first kappa shape index (κ1) is 27.7. The summed E-state index contributed by atoms with van der Waals surface area (Å²) in [5.41, 5.74) is 1.73. The number of carbonyl (C=O) groups is 1. The van der Waals surface area contributed by atoms with Gasteiger partial charge in [-0.2, -0.15) is 0 Å². The van der Waals surface area contributed by atoms with Crippen LogP contribution >= 0.6 is 11.6 Å². The fourth-order valence-corrected chi connectivity index (χ4v) is 6.02. The molecule has 2 fully saturated rings. The average Bonchev–Trinajstić information content (AvgIpc) is 2.89. The Hall–Kier alpha value is -2.34. The number of piperidine rings is 2. The molecular weight excluding hydrogens is 519 g/mol. The predicted octanol–water partition coefficient (Wildman–Crippen LogP) is 3.15. The molecule has 2 aliphatic rings. The van der Waals surface area contributed by atoms with Crippen molar-refractivity contribution in [1.29, 1.82) is 0 Å². The second-order valence-electron chi connectivity index (χ2n) is 9.87. The van der Waals surface area contributed by atoms with Gasteiger partial charge in [-0.05, 0) is 63.4 Å². The molecule has 37 heavy (non-hydrogen) atoms. The van der Waals surface area contributed by atoms with Crippen LogP contribution in [0.3, 0.4) is 0 Å². The van der Waals surface area contributed by atoms with Crippen LogP contribution in [0.15, 0.2) is 24.5 Å². The molecule has 1 aromatic carbocycles. The van der Waals surface area contributed by atoms with Crippen LogP contribution in [0, 0.1) is 12.7 Å². The summed E-state index contributed by atoms with van der Waals surface area (Å²) in [4.78, 5) is 26.1. The van der Waals surface area contributed by atoms with E-state index in [1.165, 1.54) is 29.0 Å². The van der Waals surface area contributed by atoms with Crippen LogP contribution in [0.5, 0.6) is 0 Å². The van der Waals surface area contributed by atoms with Crippen molar-refractivity contribution in [2.24, 2.45) is 0 Å². The van der Waals surface area contributed by atoms with E-state index in [2.05, 4.69) is 20.2 Å². The fraction of sp³-hybridized carbons (Fsp3) is 0.560.